The van der Waals surface area contributed by atoms with Crippen LogP contribution in [0.25, 0.3) is 0 Å². The molecule has 0 bridgehead atoms. The molecule has 1 amide bonds. The van der Waals surface area contributed by atoms with Gasteiger partial charge in [0.15, 0.2) is 0 Å². The summed E-state index contributed by atoms with van der Waals surface area (Å²) >= 11 is 0. The van der Waals surface area contributed by atoms with Crippen LogP contribution < -0.4 is 5.32 Å². The number of carbonyl (C=O) groups is 2. The van der Waals surface area contributed by atoms with Crippen molar-refractivity contribution < 1.29 is 19.1 Å². The van der Waals surface area contributed by atoms with Gasteiger partial charge in [-0.15, -0.1) is 0 Å². The predicted molar refractivity (Wildman–Crippen MR) is 88.1 cm³/mol. The molecule has 0 aromatic heterocycles. The maximum absolute atomic E-state index is 11.7. The van der Waals surface area contributed by atoms with Gasteiger partial charge in [0.1, 0.15) is 19.3 Å². The molecule has 126 valence electrons. The number of esters is 1. The Labute approximate surface area is 137 Å². The lowest BCUT2D eigenvalue weighted by molar-refractivity contribution is -0.156. The molecule has 1 saturated carbocycles. The van der Waals surface area contributed by atoms with E-state index in [4.69, 9.17) is 9.47 Å². The molecule has 23 heavy (non-hydrogen) atoms. The fraction of sp³-hybridized carbons (Fsp3) is 0.556. The molecule has 1 aliphatic carbocycles. The first-order valence-corrected chi connectivity index (χ1v) is 8.16. The predicted octanol–water partition coefficient (Wildman–Crippen LogP) is 3.07. The minimum absolute atomic E-state index is 0.00317. The number of anilines is 1. The average Bonchev–Trinajstić information content (AvgIpc) is 2.49. The minimum Gasteiger partial charge on any atom is -0.461 e. The Bertz CT molecular complexity index is 536. The third-order valence-corrected chi connectivity index (χ3v) is 4.02. The van der Waals surface area contributed by atoms with Gasteiger partial charge in [-0.2, -0.15) is 0 Å². The van der Waals surface area contributed by atoms with Gasteiger partial charge in [-0.05, 0) is 56.2 Å². The normalized spacial score (nSPS) is 20.8. The molecule has 0 aliphatic heterocycles. The first-order chi connectivity index (χ1) is 11.0. The third kappa shape index (κ3) is 6.40. The molecule has 0 saturated heterocycles. The molecule has 5 nitrogen and oxygen atoms in total. The van der Waals surface area contributed by atoms with Crippen LogP contribution in [-0.4, -0.2) is 31.2 Å². The van der Waals surface area contributed by atoms with E-state index in [0.717, 1.165) is 36.9 Å². The quantitative estimate of drug-likeness (QED) is 0.818. The number of hydrogen-bond donors (Lipinski definition) is 1. The van der Waals surface area contributed by atoms with E-state index in [1.165, 1.54) is 0 Å². The Balaban J connectivity index is 1.62. The van der Waals surface area contributed by atoms with Gasteiger partial charge in [-0.25, -0.2) is 4.79 Å². The highest BCUT2D eigenvalue weighted by Crippen LogP contribution is 2.25. The topological polar surface area (TPSA) is 64.6 Å². The molecular formula is C18H25NO4. The van der Waals surface area contributed by atoms with Crippen LogP contribution in [-0.2, 0) is 19.1 Å². The molecular weight excluding hydrogens is 294 g/mol. The van der Waals surface area contributed by atoms with Gasteiger partial charge < -0.3 is 14.8 Å². The summed E-state index contributed by atoms with van der Waals surface area (Å²) in [5, 5.41) is 2.73. The summed E-state index contributed by atoms with van der Waals surface area (Å²) in [6.45, 7) is 3.82. The number of amides is 1. The Hall–Kier alpha value is -1.88. The van der Waals surface area contributed by atoms with Gasteiger partial charge in [-0.3, -0.25) is 4.79 Å². The van der Waals surface area contributed by atoms with Crippen LogP contribution in [0.3, 0.4) is 0 Å². The number of hydrogen-bond acceptors (Lipinski definition) is 4. The van der Waals surface area contributed by atoms with Crippen LogP contribution in [0.1, 0.15) is 38.2 Å². The van der Waals surface area contributed by atoms with Crippen LogP contribution in [0.2, 0.25) is 0 Å². The fourth-order valence-corrected chi connectivity index (χ4v) is 2.71. The van der Waals surface area contributed by atoms with E-state index in [9.17, 15) is 9.59 Å². The molecule has 0 spiro atoms. The lowest BCUT2D eigenvalue weighted by atomic mass is 9.89. The molecule has 1 aromatic carbocycles. The van der Waals surface area contributed by atoms with Crippen molar-refractivity contribution in [2.45, 2.75) is 45.6 Å². The maximum Gasteiger partial charge on any atom is 0.332 e. The molecule has 0 atom stereocenters. The van der Waals surface area contributed by atoms with E-state index in [0.29, 0.717) is 5.92 Å². The fourth-order valence-electron chi connectivity index (χ4n) is 2.71. The van der Waals surface area contributed by atoms with Crippen molar-refractivity contribution in [2.24, 2.45) is 5.92 Å². The van der Waals surface area contributed by atoms with Crippen LogP contribution in [0.5, 0.6) is 0 Å². The summed E-state index contributed by atoms with van der Waals surface area (Å²) in [4.78, 5) is 23.4. The highest BCUT2D eigenvalue weighted by Gasteiger charge is 2.21. The number of ether oxygens (including phenoxy) is 2. The zero-order valence-electron chi connectivity index (χ0n) is 13.8. The number of nitrogens with one attached hydrogen (secondary N) is 1. The zero-order valence-corrected chi connectivity index (χ0v) is 13.8. The molecule has 0 heterocycles. The highest BCUT2D eigenvalue weighted by molar-refractivity contribution is 5.91. The second kappa shape index (κ2) is 8.67. The number of carbonyl (C=O) groups excluding carboxylic acids is 2. The molecule has 2 rings (SSSR count). The smallest absolute Gasteiger partial charge is 0.332 e. The van der Waals surface area contributed by atoms with Crippen LogP contribution in [0.15, 0.2) is 24.3 Å². The van der Waals surface area contributed by atoms with Gasteiger partial charge in [-0.1, -0.05) is 19.1 Å². The van der Waals surface area contributed by atoms with Crippen LogP contribution in [0, 0.1) is 12.8 Å². The lowest BCUT2D eigenvalue weighted by Gasteiger charge is -2.25. The summed E-state index contributed by atoms with van der Waals surface area (Å²) in [5.74, 6) is 0.0364. The largest absolute Gasteiger partial charge is 0.461 e. The van der Waals surface area contributed by atoms with E-state index >= 15 is 0 Å². The van der Waals surface area contributed by atoms with E-state index in [-0.39, 0.29) is 25.2 Å². The molecule has 1 N–H and O–H groups in total. The summed E-state index contributed by atoms with van der Waals surface area (Å²) in [7, 11) is 0. The molecule has 1 aliphatic rings. The highest BCUT2D eigenvalue weighted by atomic mass is 16.6. The first kappa shape index (κ1) is 17.5. The van der Waals surface area contributed by atoms with Gasteiger partial charge in [0, 0.05) is 5.69 Å². The zero-order chi connectivity index (χ0) is 16.7. The van der Waals surface area contributed by atoms with Gasteiger partial charge >= 0.3 is 5.97 Å². The van der Waals surface area contributed by atoms with Crippen molar-refractivity contribution >= 4 is 17.6 Å². The number of benzene rings is 1. The molecule has 1 aromatic rings. The van der Waals surface area contributed by atoms with Gasteiger partial charge in [0.05, 0.1) is 0 Å². The molecule has 1 fully saturated rings. The number of rotatable bonds is 6. The second-order valence-corrected chi connectivity index (χ2v) is 6.28. The van der Waals surface area contributed by atoms with E-state index < -0.39 is 5.97 Å². The van der Waals surface area contributed by atoms with Crippen molar-refractivity contribution in [1.82, 2.24) is 0 Å². The molecule has 0 radical (unpaired) electrons. The third-order valence-electron chi connectivity index (χ3n) is 4.02. The standard InChI is InChI=1S/C18H25NO4/c1-13-6-8-16(9-7-13)23-18(21)12-22-11-17(20)19-15-5-3-4-14(2)10-15/h3-5,10,13,16H,6-9,11-12H2,1-2H3,(H,19,20). The average molecular weight is 319 g/mol. The Morgan fingerprint density at radius 1 is 1.17 bits per heavy atom. The molecule has 0 unspecified atom stereocenters. The van der Waals surface area contributed by atoms with Crippen molar-refractivity contribution in [3.05, 3.63) is 29.8 Å². The first-order valence-electron chi connectivity index (χ1n) is 8.16. The summed E-state index contributed by atoms with van der Waals surface area (Å²) in [6, 6.07) is 7.50. The Morgan fingerprint density at radius 2 is 1.91 bits per heavy atom. The Morgan fingerprint density at radius 3 is 2.61 bits per heavy atom. The number of aryl methyl sites for hydroxylation is 1. The van der Waals surface area contributed by atoms with Crippen molar-refractivity contribution in [3.8, 4) is 0 Å². The minimum atomic E-state index is -0.395. The van der Waals surface area contributed by atoms with E-state index in [1.807, 2.05) is 31.2 Å². The van der Waals surface area contributed by atoms with E-state index in [2.05, 4.69) is 12.2 Å². The maximum atomic E-state index is 11.7. The lowest BCUT2D eigenvalue weighted by Crippen LogP contribution is -2.27. The summed E-state index contributed by atoms with van der Waals surface area (Å²) in [6.07, 6.45) is 4.03. The van der Waals surface area contributed by atoms with Crippen LogP contribution in [0.4, 0.5) is 5.69 Å². The van der Waals surface area contributed by atoms with Crippen molar-refractivity contribution in [2.75, 3.05) is 18.5 Å². The van der Waals surface area contributed by atoms with Gasteiger partial charge in [0.25, 0.3) is 0 Å². The summed E-state index contributed by atoms with van der Waals surface area (Å²) in [5.41, 5.74) is 1.78. The SMILES string of the molecule is Cc1cccc(NC(=O)COCC(=O)OC2CCC(C)CC2)c1. The van der Waals surface area contributed by atoms with Gasteiger partial charge in [0.2, 0.25) is 5.91 Å². The van der Waals surface area contributed by atoms with Crippen LogP contribution >= 0.6 is 0 Å². The Kier molecular flexibility index (Phi) is 6.59. The second-order valence-electron chi connectivity index (χ2n) is 6.28. The summed E-state index contributed by atoms with van der Waals surface area (Å²) < 4.78 is 10.5. The van der Waals surface area contributed by atoms with Crippen molar-refractivity contribution in [3.63, 3.8) is 0 Å². The molecule has 5 heteroatoms. The van der Waals surface area contributed by atoms with E-state index in [1.54, 1.807) is 0 Å². The monoisotopic (exact) mass is 319 g/mol. The van der Waals surface area contributed by atoms with Crippen molar-refractivity contribution in [1.29, 1.82) is 0 Å².